The zero-order valence-corrected chi connectivity index (χ0v) is 22.0. The van der Waals surface area contributed by atoms with E-state index in [1.165, 1.54) is 6.92 Å². The number of carbonyl (C=O) groups is 2. The van der Waals surface area contributed by atoms with Crippen LogP contribution in [0.3, 0.4) is 0 Å². The van der Waals surface area contributed by atoms with Gasteiger partial charge in [-0.25, -0.2) is 8.42 Å². The van der Waals surface area contributed by atoms with Crippen LogP contribution in [-0.4, -0.2) is 78.6 Å². The van der Waals surface area contributed by atoms with Crippen LogP contribution in [0, 0.1) is 5.92 Å². The Morgan fingerprint density at radius 2 is 1.50 bits per heavy atom. The Bertz CT molecular complexity index is 946. The van der Waals surface area contributed by atoms with Crippen molar-refractivity contribution in [2.75, 3.05) is 31.5 Å². The van der Waals surface area contributed by atoms with Gasteiger partial charge in [-0.2, -0.15) is 4.31 Å². The van der Waals surface area contributed by atoms with E-state index in [9.17, 15) is 18.0 Å². The van der Waals surface area contributed by atoms with E-state index in [4.69, 9.17) is 0 Å². The molecule has 0 atom stereocenters. The van der Waals surface area contributed by atoms with E-state index in [0.29, 0.717) is 37.4 Å². The molecule has 1 aliphatic carbocycles. The van der Waals surface area contributed by atoms with Crippen LogP contribution in [0.5, 0.6) is 0 Å². The summed E-state index contributed by atoms with van der Waals surface area (Å²) >= 11 is 0. The predicted octanol–water partition coefficient (Wildman–Crippen LogP) is 3.16. The number of hydrogen-bond acceptors (Lipinski definition) is 5. The fourth-order valence-electron chi connectivity index (χ4n) is 5.22. The smallest absolute Gasteiger partial charge is 0.243 e. The van der Waals surface area contributed by atoms with Crippen LogP contribution in [-0.2, 0) is 19.6 Å². The second-order valence-corrected chi connectivity index (χ2v) is 11.9. The molecule has 0 radical (unpaired) electrons. The molecule has 0 spiro atoms. The van der Waals surface area contributed by atoms with E-state index in [1.807, 2.05) is 18.7 Å². The molecule has 1 aromatic rings. The van der Waals surface area contributed by atoms with Crippen LogP contribution < -0.4 is 5.32 Å². The Morgan fingerprint density at radius 1 is 0.941 bits per heavy atom. The number of anilines is 1. The van der Waals surface area contributed by atoms with Crippen molar-refractivity contribution in [2.24, 2.45) is 5.92 Å². The van der Waals surface area contributed by atoms with Crippen molar-refractivity contribution < 1.29 is 18.0 Å². The minimum atomic E-state index is -3.70. The van der Waals surface area contributed by atoms with Gasteiger partial charge in [0.05, 0.1) is 4.90 Å². The quantitative estimate of drug-likeness (QED) is 0.632. The van der Waals surface area contributed by atoms with Crippen molar-refractivity contribution in [1.82, 2.24) is 14.1 Å². The lowest BCUT2D eigenvalue weighted by Gasteiger charge is -2.41. The van der Waals surface area contributed by atoms with Gasteiger partial charge in [0, 0.05) is 62.8 Å². The van der Waals surface area contributed by atoms with Gasteiger partial charge < -0.3 is 10.2 Å². The van der Waals surface area contributed by atoms with Crippen LogP contribution >= 0.6 is 0 Å². The first-order valence-electron chi connectivity index (χ1n) is 12.4. The lowest BCUT2D eigenvalue weighted by Crippen LogP contribution is -2.53. The molecule has 34 heavy (non-hydrogen) atoms. The third-order valence-electron chi connectivity index (χ3n) is 7.02. The van der Waals surface area contributed by atoms with E-state index < -0.39 is 10.0 Å². The molecular formula is C25H40N4O4S. The van der Waals surface area contributed by atoms with E-state index >= 15 is 0 Å². The molecule has 1 heterocycles. The monoisotopic (exact) mass is 492 g/mol. The van der Waals surface area contributed by atoms with Crippen LogP contribution in [0.15, 0.2) is 29.2 Å². The third kappa shape index (κ3) is 6.17. The first-order valence-corrected chi connectivity index (χ1v) is 13.9. The summed E-state index contributed by atoms with van der Waals surface area (Å²) in [6.07, 6.45) is 2.80. The van der Waals surface area contributed by atoms with Gasteiger partial charge in [-0.1, -0.05) is 0 Å². The van der Waals surface area contributed by atoms with Gasteiger partial charge >= 0.3 is 0 Å². The number of nitrogens with one attached hydrogen (secondary N) is 1. The first-order chi connectivity index (χ1) is 16.0. The summed E-state index contributed by atoms with van der Waals surface area (Å²) in [5.41, 5.74) is 0.566. The second kappa shape index (κ2) is 11.2. The van der Waals surface area contributed by atoms with Crippen molar-refractivity contribution in [2.45, 2.75) is 83.3 Å². The maximum absolute atomic E-state index is 13.5. The first kappa shape index (κ1) is 26.6. The summed E-state index contributed by atoms with van der Waals surface area (Å²) in [6, 6.07) is 6.49. The minimum Gasteiger partial charge on any atom is -0.340 e. The number of benzene rings is 1. The standard InChI is InChI=1S/C25H40N4O4S/c1-18(2)27-14-16-28(17-15-27)25(31)21-6-10-23(11-7-21)29(19(3)4)34(32,33)24-12-8-22(9-13-24)26-20(5)30/h8-9,12-13,18-19,21,23H,6-7,10-11,14-17H2,1-5H3,(H,26,30). The number of rotatable bonds is 7. The molecule has 1 N–H and O–H groups in total. The highest BCUT2D eigenvalue weighted by atomic mass is 32.2. The van der Waals surface area contributed by atoms with Gasteiger partial charge in [-0.15, -0.1) is 0 Å². The second-order valence-electron chi connectivity index (χ2n) is 10.1. The molecule has 190 valence electrons. The maximum atomic E-state index is 13.5. The molecule has 0 aromatic heterocycles. The topological polar surface area (TPSA) is 90.0 Å². The van der Waals surface area contributed by atoms with Crippen LogP contribution in [0.1, 0.15) is 60.3 Å². The highest BCUT2D eigenvalue weighted by Crippen LogP contribution is 2.33. The molecule has 2 fully saturated rings. The highest BCUT2D eigenvalue weighted by Gasteiger charge is 2.38. The molecule has 0 unspecified atom stereocenters. The van der Waals surface area contributed by atoms with Gasteiger partial charge in [-0.3, -0.25) is 14.5 Å². The average Bonchev–Trinajstić information content (AvgIpc) is 2.79. The summed E-state index contributed by atoms with van der Waals surface area (Å²) < 4.78 is 28.6. The summed E-state index contributed by atoms with van der Waals surface area (Å²) in [5, 5.41) is 2.66. The minimum absolute atomic E-state index is 0.0181. The SMILES string of the molecule is CC(=O)Nc1ccc(S(=O)(=O)N(C(C)C)C2CCC(C(=O)N3CCN(C(C)C)CC3)CC2)cc1. The molecule has 1 aliphatic heterocycles. The van der Waals surface area contributed by atoms with Crippen molar-refractivity contribution in [1.29, 1.82) is 0 Å². The van der Waals surface area contributed by atoms with Gasteiger partial charge in [0.15, 0.2) is 0 Å². The predicted molar refractivity (Wildman–Crippen MR) is 134 cm³/mol. The average molecular weight is 493 g/mol. The number of piperazine rings is 1. The largest absolute Gasteiger partial charge is 0.340 e. The Labute approximate surface area is 204 Å². The highest BCUT2D eigenvalue weighted by molar-refractivity contribution is 7.89. The number of sulfonamides is 1. The summed E-state index contributed by atoms with van der Waals surface area (Å²) in [5.74, 6) is 0.0115. The van der Waals surface area contributed by atoms with Crippen LogP contribution in [0.25, 0.3) is 0 Å². The Balaban J connectivity index is 1.63. The Morgan fingerprint density at radius 3 is 1.97 bits per heavy atom. The molecule has 3 rings (SSSR count). The van der Waals surface area contributed by atoms with Gasteiger partial charge in [0.25, 0.3) is 0 Å². The molecule has 2 amide bonds. The van der Waals surface area contributed by atoms with Gasteiger partial charge in [-0.05, 0) is 77.6 Å². The van der Waals surface area contributed by atoms with E-state index in [0.717, 1.165) is 26.2 Å². The summed E-state index contributed by atoms with van der Waals surface area (Å²) in [7, 11) is -3.70. The van der Waals surface area contributed by atoms with Gasteiger partial charge in [0.2, 0.25) is 21.8 Å². The van der Waals surface area contributed by atoms with Crippen molar-refractivity contribution in [3.8, 4) is 0 Å². The number of hydrogen-bond donors (Lipinski definition) is 1. The third-order valence-corrected chi connectivity index (χ3v) is 9.16. The van der Waals surface area contributed by atoms with E-state index in [2.05, 4.69) is 24.1 Å². The maximum Gasteiger partial charge on any atom is 0.243 e. The fraction of sp³-hybridized carbons (Fsp3) is 0.680. The zero-order valence-electron chi connectivity index (χ0n) is 21.2. The van der Waals surface area contributed by atoms with Crippen LogP contribution in [0.2, 0.25) is 0 Å². The zero-order chi connectivity index (χ0) is 25.0. The molecule has 1 saturated heterocycles. The number of carbonyl (C=O) groups excluding carboxylic acids is 2. The number of nitrogens with zero attached hydrogens (tertiary/aromatic N) is 3. The summed E-state index contributed by atoms with van der Waals surface area (Å²) in [6.45, 7) is 13.0. The van der Waals surface area contributed by atoms with Crippen molar-refractivity contribution >= 4 is 27.5 Å². The lowest BCUT2D eigenvalue weighted by atomic mass is 9.84. The Hall–Kier alpha value is -1.97. The lowest BCUT2D eigenvalue weighted by molar-refractivity contribution is -0.138. The normalized spacial score (nSPS) is 22.4. The number of amides is 2. The molecular weight excluding hydrogens is 452 g/mol. The molecule has 2 aliphatic rings. The fourth-order valence-corrected chi connectivity index (χ4v) is 7.11. The van der Waals surface area contributed by atoms with Crippen molar-refractivity contribution in [3.05, 3.63) is 24.3 Å². The van der Waals surface area contributed by atoms with Crippen LogP contribution in [0.4, 0.5) is 5.69 Å². The van der Waals surface area contributed by atoms with Crippen molar-refractivity contribution in [3.63, 3.8) is 0 Å². The van der Waals surface area contributed by atoms with Gasteiger partial charge in [0.1, 0.15) is 0 Å². The molecule has 9 heteroatoms. The molecule has 0 bridgehead atoms. The molecule has 1 saturated carbocycles. The molecule has 1 aromatic carbocycles. The van der Waals surface area contributed by atoms with E-state index in [1.54, 1.807) is 28.6 Å². The Kier molecular flexibility index (Phi) is 8.76. The summed E-state index contributed by atoms with van der Waals surface area (Å²) in [4.78, 5) is 29.0. The van der Waals surface area contributed by atoms with E-state index in [-0.39, 0.29) is 34.7 Å². The molecule has 8 nitrogen and oxygen atoms in total.